The molecule has 0 atom stereocenters. The first-order valence-electron chi connectivity index (χ1n) is 7.31. The molecule has 0 saturated heterocycles. The van der Waals surface area contributed by atoms with Gasteiger partial charge >= 0.3 is 11.0 Å². The van der Waals surface area contributed by atoms with E-state index in [2.05, 4.69) is 0 Å². The fourth-order valence-electron chi connectivity index (χ4n) is 3.45. The SMILES string of the molecule is Oc1c(O)c(Cl)c2c(c1Cl)[n+]1cccc3ccc4ccc[n+]2c4c31. The number of benzene rings is 2. The van der Waals surface area contributed by atoms with Crippen LogP contribution in [-0.4, -0.2) is 10.2 Å². The zero-order valence-electron chi connectivity index (χ0n) is 12.2. The summed E-state index contributed by atoms with van der Waals surface area (Å²) in [7, 11) is 0. The predicted octanol–water partition coefficient (Wildman–Crippen LogP) is 3.63. The lowest BCUT2D eigenvalue weighted by Crippen LogP contribution is -2.34. The van der Waals surface area contributed by atoms with E-state index in [9.17, 15) is 10.2 Å². The number of hydrogen-bond acceptors (Lipinski definition) is 2. The summed E-state index contributed by atoms with van der Waals surface area (Å²) in [6, 6.07) is 11.9. The molecule has 5 aromatic rings. The lowest BCUT2D eigenvalue weighted by molar-refractivity contribution is -0.524. The van der Waals surface area contributed by atoms with Gasteiger partial charge in [0.05, 0.1) is 10.8 Å². The molecule has 0 unspecified atom stereocenters. The molecule has 0 aliphatic rings. The first-order valence-corrected chi connectivity index (χ1v) is 8.06. The first-order chi connectivity index (χ1) is 11.6. The highest BCUT2D eigenvalue weighted by Crippen LogP contribution is 2.44. The Kier molecular flexibility index (Phi) is 2.59. The molecular formula is C18H10Cl2N2O2+2. The van der Waals surface area contributed by atoms with Crippen LogP contribution in [0, 0.1) is 0 Å². The van der Waals surface area contributed by atoms with Crippen LogP contribution >= 0.6 is 23.2 Å². The predicted molar refractivity (Wildman–Crippen MR) is 92.3 cm³/mol. The minimum Gasteiger partial charge on any atom is -0.503 e. The Bertz CT molecular complexity index is 1200. The molecule has 6 heteroatoms. The van der Waals surface area contributed by atoms with Crippen LogP contribution in [0.3, 0.4) is 0 Å². The third-order valence-electron chi connectivity index (χ3n) is 4.48. The molecule has 0 bridgehead atoms. The van der Waals surface area contributed by atoms with Crippen LogP contribution in [0.15, 0.2) is 48.8 Å². The molecule has 3 aromatic heterocycles. The van der Waals surface area contributed by atoms with Crippen LogP contribution in [0.1, 0.15) is 0 Å². The molecule has 0 amide bonds. The van der Waals surface area contributed by atoms with Crippen LogP contribution in [0.4, 0.5) is 0 Å². The maximum absolute atomic E-state index is 10.2. The molecule has 116 valence electrons. The standard InChI is InChI=1S/C18H8Cl2N2O2/c19-11-15-16(12(20)18(24)17(11)23)22-8-2-4-10-6-5-9-3-1-7-21(15)13(9)14(10)22/h1-8H/p+2. The maximum atomic E-state index is 10.2. The van der Waals surface area contributed by atoms with Crippen molar-refractivity contribution in [3.63, 3.8) is 0 Å². The molecule has 0 saturated carbocycles. The van der Waals surface area contributed by atoms with Gasteiger partial charge in [-0.3, -0.25) is 0 Å². The van der Waals surface area contributed by atoms with Crippen molar-refractivity contribution in [2.45, 2.75) is 0 Å². The second kappa shape index (κ2) is 4.50. The highest BCUT2D eigenvalue weighted by Gasteiger charge is 2.34. The summed E-state index contributed by atoms with van der Waals surface area (Å²) in [4.78, 5) is 0. The Morgan fingerprint density at radius 1 is 0.625 bits per heavy atom. The Hall–Kier alpha value is -2.56. The number of phenolic OH excluding ortho intramolecular Hbond substituents is 2. The van der Waals surface area contributed by atoms with Crippen molar-refractivity contribution >= 4 is 56.0 Å². The fourth-order valence-corrected chi connectivity index (χ4v) is 3.99. The zero-order valence-corrected chi connectivity index (χ0v) is 13.7. The topological polar surface area (TPSA) is 48.7 Å². The lowest BCUT2D eigenvalue weighted by atomic mass is 10.1. The average Bonchev–Trinajstić information content (AvgIpc) is 2.62. The van der Waals surface area contributed by atoms with Gasteiger partial charge in [-0.05, 0) is 24.3 Å². The Balaban J connectivity index is 2.32. The van der Waals surface area contributed by atoms with Crippen molar-refractivity contribution in [1.82, 2.24) is 0 Å². The summed E-state index contributed by atoms with van der Waals surface area (Å²) in [5.41, 5.74) is 3.01. The van der Waals surface area contributed by atoms with Crippen molar-refractivity contribution in [2.75, 3.05) is 0 Å². The van der Waals surface area contributed by atoms with Crippen molar-refractivity contribution < 1.29 is 19.0 Å². The number of aromatic hydroxyl groups is 2. The number of phenols is 2. The summed E-state index contributed by atoms with van der Waals surface area (Å²) < 4.78 is 3.81. The van der Waals surface area contributed by atoms with E-state index in [1.165, 1.54) is 0 Å². The number of fused-ring (bicyclic) bond motifs is 3. The molecule has 0 fully saturated rings. The number of halogens is 2. The van der Waals surface area contributed by atoms with Gasteiger partial charge in [-0.1, -0.05) is 23.2 Å². The molecule has 0 aliphatic heterocycles. The van der Waals surface area contributed by atoms with E-state index in [0.29, 0.717) is 11.0 Å². The average molecular weight is 357 g/mol. The summed E-state index contributed by atoms with van der Waals surface area (Å²) >= 11 is 12.7. The van der Waals surface area contributed by atoms with Gasteiger partial charge in [-0.15, -0.1) is 8.80 Å². The summed E-state index contributed by atoms with van der Waals surface area (Å²) in [6.07, 6.45) is 3.74. The minimum atomic E-state index is -0.419. The molecule has 0 radical (unpaired) electrons. The first kappa shape index (κ1) is 13.8. The number of rotatable bonds is 0. The Morgan fingerprint density at radius 2 is 1.04 bits per heavy atom. The Morgan fingerprint density at radius 3 is 1.46 bits per heavy atom. The van der Waals surface area contributed by atoms with Gasteiger partial charge in [-0.25, -0.2) is 0 Å². The molecular weight excluding hydrogens is 347 g/mol. The van der Waals surface area contributed by atoms with Crippen molar-refractivity contribution in [3.05, 3.63) is 58.8 Å². The van der Waals surface area contributed by atoms with Gasteiger partial charge < -0.3 is 10.2 Å². The van der Waals surface area contributed by atoms with Crippen LogP contribution in [-0.2, 0) is 0 Å². The van der Waals surface area contributed by atoms with Crippen LogP contribution in [0.25, 0.3) is 32.8 Å². The quantitative estimate of drug-likeness (QED) is 0.192. The molecule has 0 aliphatic carbocycles. The van der Waals surface area contributed by atoms with Gasteiger partial charge in [0.15, 0.2) is 33.9 Å². The van der Waals surface area contributed by atoms with E-state index in [-0.39, 0.29) is 10.0 Å². The van der Waals surface area contributed by atoms with Crippen LogP contribution in [0.2, 0.25) is 10.0 Å². The summed E-state index contributed by atoms with van der Waals surface area (Å²) in [5.74, 6) is -0.839. The molecule has 0 spiro atoms. The van der Waals surface area contributed by atoms with E-state index in [0.717, 1.165) is 21.8 Å². The van der Waals surface area contributed by atoms with Gasteiger partial charge in [0.25, 0.3) is 11.0 Å². The summed E-state index contributed by atoms with van der Waals surface area (Å²) in [6.45, 7) is 0. The normalized spacial score (nSPS) is 12.1. The van der Waals surface area contributed by atoms with Crippen molar-refractivity contribution in [3.8, 4) is 11.5 Å². The van der Waals surface area contributed by atoms with Crippen LogP contribution < -0.4 is 8.80 Å². The third kappa shape index (κ3) is 1.50. The minimum absolute atomic E-state index is 0.0587. The number of pyridine rings is 2. The molecule has 5 rings (SSSR count). The second-order valence-electron chi connectivity index (χ2n) is 5.72. The largest absolute Gasteiger partial charge is 0.503 e. The van der Waals surface area contributed by atoms with Crippen molar-refractivity contribution in [2.24, 2.45) is 0 Å². The van der Waals surface area contributed by atoms with Crippen LogP contribution in [0.5, 0.6) is 11.5 Å². The molecule has 24 heavy (non-hydrogen) atoms. The highest BCUT2D eigenvalue weighted by atomic mass is 35.5. The number of aromatic nitrogens is 2. The van der Waals surface area contributed by atoms with E-state index in [4.69, 9.17) is 23.2 Å². The van der Waals surface area contributed by atoms with E-state index in [1.54, 1.807) is 0 Å². The van der Waals surface area contributed by atoms with E-state index < -0.39 is 11.5 Å². The lowest BCUT2D eigenvalue weighted by Gasteiger charge is -2.07. The summed E-state index contributed by atoms with van der Waals surface area (Å²) in [5, 5.41) is 22.5. The van der Waals surface area contributed by atoms with E-state index >= 15 is 0 Å². The van der Waals surface area contributed by atoms with Gasteiger partial charge in [-0.2, -0.15) is 0 Å². The molecule has 2 aromatic carbocycles. The van der Waals surface area contributed by atoms with Gasteiger partial charge in [0.1, 0.15) is 0 Å². The number of hydrogen-bond donors (Lipinski definition) is 2. The maximum Gasteiger partial charge on any atom is 0.308 e. The third-order valence-corrected chi connectivity index (χ3v) is 5.20. The molecule has 4 nitrogen and oxygen atoms in total. The number of nitrogens with zero attached hydrogens (tertiary/aromatic N) is 2. The monoisotopic (exact) mass is 356 g/mol. The fraction of sp³-hybridized carbons (Fsp3) is 0. The highest BCUT2D eigenvalue weighted by molar-refractivity contribution is 6.41. The molecule has 3 heterocycles. The zero-order chi connectivity index (χ0) is 16.6. The van der Waals surface area contributed by atoms with E-state index in [1.807, 2.05) is 57.6 Å². The van der Waals surface area contributed by atoms with Gasteiger partial charge in [0, 0.05) is 12.1 Å². The van der Waals surface area contributed by atoms with Crippen molar-refractivity contribution in [1.29, 1.82) is 0 Å². The van der Waals surface area contributed by atoms with Gasteiger partial charge in [0.2, 0.25) is 0 Å². The Labute approximate surface area is 145 Å². The smallest absolute Gasteiger partial charge is 0.308 e. The second-order valence-corrected chi connectivity index (χ2v) is 6.48. The molecule has 2 N–H and O–H groups in total.